The molecule has 1 unspecified atom stereocenters. The standard InChI is InChI=1S/C12H20N4O/c1-12(2)6-4-3-5-8(12)16-10-9(13)11(17)15-7-14-10/h7-8H,3-6,13H2,1-2H3,(H2,14,15,16,17). The predicted molar refractivity (Wildman–Crippen MR) is 68.9 cm³/mol. The number of aromatic amines is 1. The molecule has 0 spiro atoms. The number of nitrogens with zero attached hydrogens (tertiary/aromatic N) is 1. The number of nitrogen functional groups attached to an aromatic ring is 1. The zero-order valence-electron chi connectivity index (χ0n) is 10.4. The molecule has 1 aromatic rings. The van der Waals surface area contributed by atoms with Gasteiger partial charge in [-0.05, 0) is 18.3 Å². The molecule has 1 aliphatic carbocycles. The number of anilines is 2. The van der Waals surface area contributed by atoms with Crippen LogP contribution in [0.2, 0.25) is 0 Å². The van der Waals surface area contributed by atoms with Crippen LogP contribution in [0.25, 0.3) is 0 Å². The maximum absolute atomic E-state index is 11.4. The molecule has 1 aliphatic rings. The predicted octanol–water partition coefficient (Wildman–Crippen LogP) is 1.73. The van der Waals surface area contributed by atoms with Crippen LogP contribution in [-0.4, -0.2) is 16.0 Å². The minimum atomic E-state index is -0.281. The Hall–Kier alpha value is -1.52. The first-order valence-electron chi connectivity index (χ1n) is 6.10. The minimum absolute atomic E-state index is 0.175. The van der Waals surface area contributed by atoms with Gasteiger partial charge >= 0.3 is 0 Å². The Morgan fingerprint density at radius 1 is 1.53 bits per heavy atom. The molecular weight excluding hydrogens is 216 g/mol. The molecule has 5 nitrogen and oxygen atoms in total. The highest BCUT2D eigenvalue weighted by molar-refractivity contribution is 5.59. The molecule has 17 heavy (non-hydrogen) atoms. The summed E-state index contributed by atoms with van der Waals surface area (Å²) in [5.74, 6) is 0.508. The van der Waals surface area contributed by atoms with Crippen LogP contribution in [0.4, 0.5) is 11.5 Å². The van der Waals surface area contributed by atoms with Gasteiger partial charge in [-0.2, -0.15) is 0 Å². The molecule has 0 aromatic carbocycles. The van der Waals surface area contributed by atoms with Crippen molar-refractivity contribution in [1.29, 1.82) is 0 Å². The van der Waals surface area contributed by atoms with Gasteiger partial charge < -0.3 is 16.0 Å². The third-order valence-corrected chi connectivity index (χ3v) is 3.71. The van der Waals surface area contributed by atoms with Crippen molar-refractivity contribution in [3.8, 4) is 0 Å². The van der Waals surface area contributed by atoms with E-state index in [-0.39, 0.29) is 16.7 Å². The van der Waals surface area contributed by atoms with Gasteiger partial charge in [0.2, 0.25) is 0 Å². The van der Waals surface area contributed by atoms with Gasteiger partial charge in [-0.15, -0.1) is 0 Å². The van der Waals surface area contributed by atoms with Gasteiger partial charge in [-0.25, -0.2) is 4.98 Å². The SMILES string of the molecule is CC1(C)CCCCC1Nc1nc[nH]c(=O)c1N. The summed E-state index contributed by atoms with van der Waals surface area (Å²) in [5.41, 5.74) is 5.83. The largest absolute Gasteiger partial charge is 0.391 e. The number of nitrogens with two attached hydrogens (primary N) is 1. The number of hydrogen-bond donors (Lipinski definition) is 3. The average molecular weight is 236 g/mol. The van der Waals surface area contributed by atoms with Crippen LogP contribution in [0.3, 0.4) is 0 Å². The summed E-state index contributed by atoms with van der Waals surface area (Å²) in [6.07, 6.45) is 6.15. The third kappa shape index (κ3) is 2.43. The van der Waals surface area contributed by atoms with Crippen molar-refractivity contribution in [1.82, 2.24) is 9.97 Å². The molecule has 1 atom stereocenters. The molecule has 1 heterocycles. The Balaban J connectivity index is 2.20. The van der Waals surface area contributed by atoms with E-state index < -0.39 is 0 Å². The van der Waals surface area contributed by atoms with Gasteiger partial charge in [0.05, 0.1) is 6.33 Å². The molecule has 0 bridgehead atoms. The second kappa shape index (κ2) is 4.39. The van der Waals surface area contributed by atoms with E-state index in [4.69, 9.17) is 5.73 Å². The van der Waals surface area contributed by atoms with Gasteiger partial charge in [0.25, 0.3) is 5.56 Å². The summed E-state index contributed by atoms with van der Waals surface area (Å²) in [5, 5.41) is 3.32. The summed E-state index contributed by atoms with van der Waals surface area (Å²) < 4.78 is 0. The van der Waals surface area contributed by atoms with Crippen LogP contribution in [0, 0.1) is 5.41 Å². The van der Waals surface area contributed by atoms with Crippen molar-refractivity contribution >= 4 is 11.5 Å². The highest BCUT2D eigenvalue weighted by Gasteiger charge is 2.32. The molecule has 94 valence electrons. The Kier molecular flexibility index (Phi) is 3.09. The van der Waals surface area contributed by atoms with E-state index in [1.165, 1.54) is 25.6 Å². The van der Waals surface area contributed by atoms with Crippen molar-refractivity contribution in [3.05, 3.63) is 16.7 Å². The number of nitrogens with one attached hydrogen (secondary N) is 2. The molecule has 1 saturated carbocycles. The van der Waals surface area contributed by atoms with Gasteiger partial charge in [0.1, 0.15) is 5.69 Å². The Morgan fingerprint density at radius 2 is 2.29 bits per heavy atom. The van der Waals surface area contributed by atoms with Crippen LogP contribution >= 0.6 is 0 Å². The fraction of sp³-hybridized carbons (Fsp3) is 0.667. The molecule has 5 heteroatoms. The molecule has 0 aliphatic heterocycles. The lowest BCUT2D eigenvalue weighted by Gasteiger charge is -2.39. The van der Waals surface area contributed by atoms with Crippen LogP contribution in [0.1, 0.15) is 39.5 Å². The zero-order valence-corrected chi connectivity index (χ0v) is 10.4. The van der Waals surface area contributed by atoms with E-state index in [1.54, 1.807) is 0 Å². The minimum Gasteiger partial charge on any atom is -0.391 e. The van der Waals surface area contributed by atoms with E-state index in [2.05, 4.69) is 29.1 Å². The maximum atomic E-state index is 11.4. The number of rotatable bonds is 2. The molecule has 1 aromatic heterocycles. The van der Waals surface area contributed by atoms with Crippen molar-refractivity contribution < 1.29 is 0 Å². The molecule has 2 rings (SSSR count). The third-order valence-electron chi connectivity index (χ3n) is 3.71. The van der Waals surface area contributed by atoms with Crippen molar-refractivity contribution in [2.24, 2.45) is 5.41 Å². The quantitative estimate of drug-likeness (QED) is 0.730. The normalized spacial score (nSPS) is 23.3. The Bertz CT molecular complexity index is 452. The van der Waals surface area contributed by atoms with Gasteiger partial charge in [0.15, 0.2) is 5.82 Å². The second-order valence-electron chi connectivity index (χ2n) is 5.43. The molecule has 1 fully saturated rings. The highest BCUT2D eigenvalue weighted by Crippen LogP contribution is 2.37. The molecular formula is C12H20N4O. The Morgan fingerprint density at radius 3 is 3.00 bits per heavy atom. The van der Waals surface area contributed by atoms with E-state index >= 15 is 0 Å². The summed E-state index contributed by atoms with van der Waals surface area (Å²) in [6, 6.07) is 0.327. The van der Waals surface area contributed by atoms with E-state index in [1.807, 2.05) is 0 Å². The van der Waals surface area contributed by atoms with Crippen molar-refractivity contribution in [2.45, 2.75) is 45.6 Å². The monoisotopic (exact) mass is 236 g/mol. The number of aromatic nitrogens is 2. The number of hydrogen-bond acceptors (Lipinski definition) is 4. The van der Waals surface area contributed by atoms with Gasteiger partial charge in [-0.1, -0.05) is 26.7 Å². The average Bonchev–Trinajstić information content (AvgIpc) is 2.27. The summed E-state index contributed by atoms with van der Waals surface area (Å²) in [6.45, 7) is 4.49. The maximum Gasteiger partial charge on any atom is 0.276 e. The van der Waals surface area contributed by atoms with E-state index in [0.717, 1.165) is 6.42 Å². The second-order valence-corrected chi connectivity index (χ2v) is 5.43. The van der Waals surface area contributed by atoms with Crippen molar-refractivity contribution in [3.63, 3.8) is 0 Å². The topological polar surface area (TPSA) is 83.8 Å². The first-order chi connectivity index (χ1) is 8.00. The van der Waals surface area contributed by atoms with Crippen LogP contribution < -0.4 is 16.6 Å². The first-order valence-corrected chi connectivity index (χ1v) is 6.10. The summed E-state index contributed by atoms with van der Waals surface area (Å²) >= 11 is 0. The molecule has 0 radical (unpaired) electrons. The molecule has 4 N–H and O–H groups in total. The number of H-pyrrole nitrogens is 1. The molecule has 0 saturated heterocycles. The van der Waals surface area contributed by atoms with Crippen molar-refractivity contribution in [2.75, 3.05) is 11.1 Å². The Labute approximate surface area is 101 Å². The van der Waals surface area contributed by atoms with E-state index in [9.17, 15) is 4.79 Å². The zero-order chi connectivity index (χ0) is 12.5. The lowest BCUT2D eigenvalue weighted by molar-refractivity contribution is 0.216. The van der Waals surface area contributed by atoms with Gasteiger partial charge in [0, 0.05) is 6.04 Å². The highest BCUT2D eigenvalue weighted by atomic mass is 16.1. The smallest absolute Gasteiger partial charge is 0.276 e. The summed E-state index contributed by atoms with van der Waals surface area (Å²) in [4.78, 5) is 18.0. The lowest BCUT2D eigenvalue weighted by atomic mass is 9.73. The summed E-state index contributed by atoms with van der Waals surface area (Å²) in [7, 11) is 0. The lowest BCUT2D eigenvalue weighted by Crippen LogP contribution is -2.39. The van der Waals surface area contributed by atoms with E-state index in [0.29, 0.717) is 11.9 Å². The fourth-order valence-corrected chi connectivity index (χ4v) is 2.45. The molecule has 0 amide bonds. The van der Waals surface area contributed by atoms with Crippen LogP contribution in [0.5, 0.6) is 0 Å². The van der Waals surface area contributed by atoms with Crippen LogP contribution in [0.15, 0.2) is 11.1 Å². The van der Waals surface area contributed by atoms with Crippen LogP contribution in [-0.2, 0) is 0 Å². The fourth-order valence-electron chi connectivity index (χ4n) is 2.45. The first kappa shape index (κ1) is 12.0. The van der Waals surface area contributed by atoms with Gasteiger partial charge in [-0.3, -0.25) is 4.79 Å².